The Balaban J connectivity index is 2.22. The first-order chi connectivity index (χ1) is 9.98. The Morgan fingerprint density at radius 1 is 0.905 bits per heavy atom. The van der Waals surface area contributed by atoms with E-state index < -0.39 is 0 Å². The highest BCUT2D eigenvalue weighted by molar-refractivity contribution is 5.84. The van der Waals surface area contributed by atoms with Gasteiger partial charge in [-0.1, -0.05) is 65.7 Å². The average molecular weight is 293 g/mol. The zero-order chi connectivity index (χ0) is 15.3. The molecule has 2 heteroatoms. The van der Waals surface area contributed by atoms with Crippen molar-refractivity contribution in [1.82, 2.24) is 5.32 Å². The highest BCUT2D eigenvalue weighted by Gasteiger charge is 2.53. The molecule has 21 heavy (non-hydrogen) atoms. The number of nitrogens with one attached hydrogen (secondary N) is 1. The molecule has 1 aliphatic carbocycles. The number of rotatable bonds is 1. The Morgan fingerprint density at radius 3 is 1.90 bits per heavy atom. The summed E-state index contributed by atoms with van der Waals surface area (Å²) in [6.07, 6.45) is 14.3. The average Bonchev–Trinajstić information content (AvgIpc) is 2.44. The lowest BCUT2D eigenvalue weighted by Gasteiger charge is -2.51. The summed E-state index contributed by atoms with van der Waals surface area (Å²) in [5.74, 6) is 0.930. The molecule has 1 saturated carbocycles. The zero-order valence-corrected chi connectivity index (χ0v) is 14.5. The van der Waals surface area contributed by atoms with Gasteiger partial charge in [-0.3, -0.25) is 4.79 Å². The van der Waals surface area contributed by atoms with E-state index in [9.17, 15) is 4.79 Å². The van der Waals surface area contributed by atoms with Crippen LogP contribution >= 0.6 is 0 Å². The minimum absolute atomic E-state index is 0.0618. The molecule has 1 heterocycles. The highest BCUT2D eigenvalue weighted by Crippen LogP contribution is 2.53. The topological polar surface area (TPSA) is 29.1 Å². The van der Waals surface area contributed by atoms with Crippen LogP contribution in [0.4, 0.5) is 0 Å². The molecule has 0 aromatic heterocycles. The van der Waals surface area contributed by atoms with Crippen LogP contribution in [0.1, 0.15) is 91.4 Å². The lowest BCUT2D eigenvalue weighted by atomic mass is 9.54. The molecule has 1 saturated heterocycles. The Labute approximate surface area is 131 Å². The maximum atomic E-state index is 12.9. The first-order valence-electron chi connectivity index (χ1n) is 9.27. The second kappa shape index (κ2) is 7.15. The van der Waals surface area contributed by atoms with E-state index in [1.165, 1.54) is 57.8 Å². The van der Waals surface area contributed by atoms with Crippen LogP contribution in [0, 0.1) is 16.7 Å². The summed E-state index contributed by atoms with van der Waals surface area (Å²) in [4.78, 5) is 12.9. The van der Waals surface area contributed by atoms with Crippen LogP contribution in [0.2, 0.25) is 0 Å². The predicted octanol–water partition coefficient (Wildman–Crippen LogP) is 5.07. The molecule has 2 nitrogen and oxygen atoms in total. The number of hydrogen-bond acceptors (Lipinski definition) is 1. The molecule has 1 aliphatic heterocycles. The van der Waals surface area contributed by atoms with Crippen molar-refractivity contribution in [2.24, 2.45) is 16.7 Å². The quantitative estimate of drug-likeness (QED) is 0.718. The van der Waals surface area contributed by atoms with Crippen LogP contribution < -0.4 is 5.32 Å². The molecule has 0 aromatic carbocycles. The molecule has 1 unspecified atom stereocenters. The van der Waals surface area contributed by atoms with Gasteiger partial charge in [0.05, 0.1) is 5.41 Å². The Bertz CT molecular complexity index is 334. The van der Waals surface area contributed by atoms with Crippen LogP contribution in [-0.2, 0) is 4.79 Å². The lowest BCUT2D eigenvalue weighted by Crippen LogP contribution is -2.56. The van der Waals surface area contributed by atoms with Gasteiger partial charge in [0.25, 0.3) is 0 Å². The maximum absolute atomic E-state index is 12.9. The summed E-state index contributed by atoms with van der Waals surface area (Å²) in [5, 5.41) is 3.20. The Kier molecular flexibility index (Phi) is 5.73. The van der Waals surface area contributed by atoms with Crippen molar-refractivity contribution >= 4 is 5.91 Å². The van der Waals surface area contributed by atoms with E-state index in [1.807, 2.05) is 0 Å². The molecular weight excluding hydrogens is 258 g/mol. The molecule has 0 spiro atoms. The van der Waals surface area contributed by atoms with E-state index in [-0.39, 0.29) is 10.8 Å². The van der Waals surface area contributed by atoms with Gasteiger partial charge in [-0.2, -0.15) is 0 Å². The van der Waals surface area contributed by atoms with E-state index in [4.69, 9.17) is 0 Å². The van der Waals surface area contributed by atoms with Gasteiger partial charge in [-0.25, -0.2) is 0 Å². The SMILES string of the molecule is CC(C)(C)C1(C2CCCCCCCCC2)CCCNC1=O. The number of carbonyl (C=O) groups excluding carboxylic acids is 1. The van der Waals surface area contributed by atoms with Crippen LogP contribution in [0.3, 0.4) is 0 Å². The summed E-state index contributed by atoms with van der Waals surface area (Å²) in [5.41, 5.74) is -0.0727. The van der Waals surface area contributed by atoms with Gasteiger partial charge in [0.2, 0.25) is 5.91 Å². The third-order valence-corrected chi connectivity index (χ3v) is 6.08. The third-order valence-electron chi connectivity index (χ3n) is 6.08. The normalized spacial score (nSPS) is 30.7. The van der Waals surface area contributed by atoms with Crippen LogP contribution in [0.5, 0.6) is 0 Å². The summed E-state index contributed by atoms with van der Waals surface area (Å²) in [7, 11) is 0. The van der Waals surface area contributed by atoms with E-state index in [0.717, 1.165) is 19.4 Å². The molecule has 1 N–H and O–H groups in total. The Hall–Kier alpha value is -0.530. The molecule has 1 atom stereocenters. The number of hydrogen-bond donors (Lipinski definition) is 1. The zero-order valence-electron chi connectivity index (χ0n) is 14.5. The van der Waals surface area contributed by atoms with Gasteiger partial charge < -0.3 is 5.32 Å². The summed E-state index contributed by atoms with van der Waals surface area (Å²) < 4.78 is 0. The lowest BCUT2D eigenvalue weighted by molar-refractivity contribution is -0.148. The smallest absolute Gasteiger partial charge is 0.227 e. The van der Waals surface area contributed by atoms with Crippen molar-refractivity contribution in [3.8, 4) is 0 Å². The van der Waals surface area contributed by atoms with Crippen LogP contribution in [0.25, 0.3) is 0 Å². The fourth-order valence-electron chi connectivity index (χ4n) is 4.86. The van der Waals surface area contributed by atoms with E-state index in [0.29, 0.717) is 11.8 Å². The Morgan fingerprint density at radius 2 is 1.43 bits per heavy atom. The van der Waals surface area contributed by atoms with Crippen molar-refractivity contribution in [3.05, 3.63) is 0 Å². The van der Waals surface area contributed by atoms with Gasteiger partial charge in [-0.15, -0.1) is 0 Å². The molecule has 0 bridgehead atoms. The van der Waals surface area contributed by atoms with Gasteiger partial charge in [0.15, 0.2) is 0 Å². The summed E-state index contributed by atoms with van der Waals surface area (Å²) in [6.45, 7) is 7.74. The monoisotopic (exact) mass is 293 g/mol. The van der Waals surface area contributed by atoms with Crippen LogP contribution in [-0.4, -0.2) is 12.5 Å². The predicted molar refractivity (Wildman–Crippen MR) is 89.2 cm³/mol. The maximum Gasteiger partial charge on any atom is 0.227 e. The largest absolute Gasteiger partial charge is 0.356 e. The van der Waals surface area contributed by atoms with Crippen molar-refractivity contribution in [1.29, 1.82) is 0 Å². The fourth-order valence-corrected chi connectivity index (χ4v) is 4.86. The second-order valence-electron chi connectivity index (χ2n) is 8.33. The second-order valence-corrected chi connectivity index (χ2v) is 8.33. The van der Waals surface area contributed by atoms with Crippen molar-refractivity contribution < 1.29 is 4.79 Å². The first-order valence-corrected chi connectivity index (χ1v) is 9.27. The third kappa shape index (κ3) is 3.63. The molecule has 2 rings (SSSR count). The van der Waals surface area contributed by atoms with Crippen molar-refractivity contribution in [2.45, 2.75) is 91.4 Å². The van der Waals surface area contributed by atoms with E-state index in [2.05, 4.69) is 26.1 Å². The number of amides is 1. The molecule has 122 valence electrons. The standard InChI is InChI=1S/C19H35NO/c1-18(2,3)19(14-11-15-20-17(19)21)16-12-9-7-5-4-6-8-10-13-16/h16H,4-15H2,1-3H3,(H,20,21). The minimum atomic E-state index is -0.134. The molecule has 0 radical (unpaired) electrons. The van der Waals surface area contributed by atoms with Gasteiger partial charge in [-0.05, 0) is 37.0 Å². The molecule has 0 aromatic rings. The van der Waals surface area contributed by atoms with E-state index >= 15 is 0 Å². The minimum Gasteiger partial charge on any atom is -0.356 e. The molecule has 1 amide bonds. The van der Waals surface area contributed by atoms with Gasteiger partial charge in [0.1, 0.15) is 0 Å². The first kappa shape index (κ1) is 16.8. The summed E-state index contributed by atoms with van der Waals surface area (Å²) in [6, 6.07) is 0. The number of piperidine rings is 1. The van der Waals surface area contributed by atoms with Gasteiger partial charge >= 0.3 is 0 Å². The molecule has 2 aliphatic rings. The highest BCUT2D eigenvalue weighted by atomic mass is 16.2. The van der Waals surface area contributed by atoms with E-state index in [1.54, 1.807) is 0 Å². The summed E-state index contributed by atoms with van der Waals surface area (Å²) >= 11 is 0. The number of carbonyl (C=O) groups is 1. The van der Waals surface area contributed by atoms with Crippen molar-refractivity contribution in [3.63, 3.8) is 0 Å². The molecule has 2 fully saturated rings. The fraction of sp³-hybridized carbons (Fsp3) is 0.947. The van der Waals surface area contributed by atoms with Crippen LogP contribution in [0.15, 0.2) is 0 Å². The van der Waals surface area contributed by atoms with Crippen molar-refractivity contribution in [2.75, 3.05) is 6.54 Å². The van der Waals surface area contributed by atoms with Gasteiger partial charge in [0, 0.05) is 6.54 Å². The molecular formula is C19H35NO.